The Morgan fingerprint density at radius 3 is 1.76 bits per heavy atom. The van der Waals surface area contributed by atoms with Crippen LogP contribution < -0.4 is 0 Å². The lowest BCUT2D eigenvalue weighted by atomic mass is 9.97. The Bertz CT molecular complexity index is 2750. The van der Waals surface area contributed by atoms with Crippen molar-refractivity contribution in [1.82, 2.24) is 19.9 Å². The average Bonchev–Trinajstić information content (AvgIpc) is 3.60. The van der Waals surface area contributed by atoms with Crippen molar-refractivity contribution < 1.29 is 4.42 Å². The van der Waals surface area contributed by atoms with Crippen LogP contribution in [0, 0.1) is 11.3 Å². The van der Waals surface area contributed by atoms with Crippen LogP contribution in [0.3, 0.4) is 0 Å². The molecule has 0 aliphatic heterocycles. The van der Waals surface area contributed by atoms with Crippen molar-refractivity contribution in [1.29, 1.82) is 5.26 Å². The molecule has 0 N–H and O–H groups in total. The molecule has 0 unspecified atom stereocenters. The van der Waals surface area contributed by atoms with Gasteiger partial charge in [-0.3, -0.25) is 4.98 Å². The molecule has 6 nitrogen and oxygen atoms in total. The second-order valence-electron chi connectivity index (χ2n) is 12.2. The van der Waals surface area contributed by atoms with E-state index in [4.69, 9.17) is 19.4 Å². The van der Waals surface area contributed by atoms with Crippen LogP contribution in [0.1, 0.15) is 5.56 Å². The van der Waals surface area contributed by atoms with Crippen molar-refractivity contribution in [3.8, 4) is 73.6 Å². The van der Waals surface area contributed by atoms with Gasteiger partial charge >= 0.3 is 0 Å². The first-order valence-corrected chi connectivity index (χ1v) is 16.6. The van der Waals surface area contributed by atoms with Gasteiger partial charge in [0.05, 0.1) is 17.8 Å². The molecule has 0 atom stereocenters. The fourth-order valence-electron chi connectivity index (χ4n) is 6.56. The summed E-state index contributed by atoms with van der Waals surface area (Å²) >= 11 is 0. The van der Waals surface area contributed by atoms with Gasteiger partial charge in [-0.1, -0.05) is 127 Å². The molecule has 9 aromatic rings. The lowest BCUT2D eigenvalue weighted by Crippen LogP contribution is -2.00. The van der Waals surface area contributed by atoms with Crippen molar-refractivity contribution in [2.45, 2.75) is 0 Å². The molecule has 9 rings (SSSR count). The molecular weight excluding hydrogens is 627 g/mol. The summed E-state index contributed by atoms with van der Waals surface area (Å²) in [5.41, 5.74) is 10.8. The quantitative estimate of drug-likeness (QED) is 0.177. The van der Waals surface area contributed by atoms with Gasteiger partial charge in [-0.05, 0) is 52.1 Å². The number of furan rings is 1. The van der Waals surface area contributed by atoms with Gasteiger partial charge in [0.15, 0.2) is 23.1 Å². The van der Waals surface area contributed by atoms with Crippen molar-refractivity contribution in [3.63, 3.8) is 0 Å². The average molecular weight is 654 g/mol. The van der Waals surface area contributed by atoms with Crippen LogP contribution in [0.25, 0.3) is 89.5 Å². The highest BCUT2D eigenvalue weighted by molar-refractivity contribution is 6.12. The van der Waals surface area contributed by atoms with Crippen LogP contribution in [-0.2, 0) is 0 Å². The van der Waals surface area contributed by atoms with Crippen LogP contribution in [0.4, 0.5) is 0 Å². The molecule has 0 aliphatic rings. The van der Waals surface area contributed by atoms with E-state index in [0.717, 1.165) is 66.4 Å². The van der Waals surface area contributed by atoms with Crippen LogP contribution in [0.2, 0.25) is 0 Å². The van der Waals surface area contributed by atoms with E-state index in [1.165, 1.54) is 0 Å². The van der Waals surface area contributed by atoms with Gasteiger partial charge < -0.3 is 4.42 Å². The van der Waals surface area contributed by atoms with E-state index >= 15 is 0 Å². The Hall–Kier alpha value is -7.23. The molecule has 3 aromatic heterocycles. The van der Waals surface area contributed by atoms with Gasteiger partial charge in [0.25, 0.3) is 0 Å². The number of nitrogens with zero attached hydrogens (tertiary/aromatic N) is 5. The maximum Gasteiger partial charge on any atom is 0.164 e. The Labute approximate surface area is 294 Å². The molecule has 3 heterocycles. The number of fused-ring (bicyclic) bond motifs is 3. The summed E-state index contributed by atoms with van der Waals surface area (Å²) in [4.78, 5) is 19.4. The molecule has 0 fully saturated rings. The number of aromatic nitrogens is 4. The summed E-state index contributed by atoms with van der Waals surface area (Å²) in [5, 5.41) is 11.6. The fourth-order valence-corrected chi connectivity index (χ4v) is 6.56. The van der Waals surface area contributed by atoms with E-state index in [9.17, 15) is 5.26 Å². The van der Waals surface area contributed by atoms with Crippen molar-refractivity contribution in [3.05, 3.63) is 170 Å². The van der Waals surface area contributed by atoms with Crippen molar-refractivity contribution >= 4 is 21.9 Å². The Kier molecular flexibility index (Phi) is 7.42. The standard InChI is InChI=1S/C45H27N5O/c46-26-36-14-7-8-17-37(36)30-18-20-32(21-19-30)44-48-43(31-12-5-2-6-13-31)49-45(50-44)35-22-23-38-40(25-35)51-41-28-47-27-39(42(38)41)34-16-9-15-33(24-34)29-10-3-1-4-11-29/h1-25,27-28H. The third-order valence-electron chi connectivity index (χ3n) is 9.09. The summed E-state index contributed by atoms with van der Waals surface area (Å²) in [7, 11) is 0. The highest BCUT2D eigenvalue weighted by atomic mass is 16.3. The lowest BCUT2D eigenvalue weighted by molar-refractivity contribution is 0.667. The molecule has 0 amide bonds. The third-order valence-corrected chi connectivity index (χ3v) is 9.09. The predicted octanol–water partition coefficient (Wildman–Crippen LogP) is 11.0. The zero-order chi connectivity index (χ0) is 34.1. The van der Waals surface area contributed by atoms with Crippen LogP contribution >= 0.6 is 0 Å². The largest absolute Gasteiger partial charge is 0.454 e. The summed E-state index contributed by atoms with van der Waals surface area (Å²) in [6.45, 7) is 0. The minimum atomic E-state index is 0.536. The second kappa shape index (κ2) is 12.7. The maximum absolute atomic E-state index is 9.63. The third kappa shape index (κ3) is 5.59. The van der Waals surface area contributed by atoms with E-state index in [1.54, 1.807) is 6.20 Å². The second-order valence-corrected chi connectivity index (χ2v) is 12.2. The number of hydrogen-bond donors (Lipinski definition) is 0. The first kappa shape index (κ1) is 29.9. The van der Waals surface area contributed by atoms with Gasteiger partial charge in [-0.25, -0.2) is 15.0 Å². The minimum Gasteiger partial charge on any atom is -0.454 e. The minimum absolute atomic E-state index is 0.536. The number of pyridine rings is 1. The molecule has 0 saturated carbocycles. The van der Waals surface area contributed by atoms with Gasteiger partial charge in [0.1, 0.15) is 5.58 Å². The van der Waals surface area contributed by atoms with E-state index in [0.29, 0.717) is 28.6 Å². The zero-order valence-corrected chi connectivity index (χ0v) is 27.2. The van der Waals surface area contributed by atoms with Crippen LogP contribution in [0.5, 0.6) is 0 Å². The number of rotatable bonds is 6. The number of benzene rings is 6. The molecule has 0 saturated heterocycles. The first-order valence-electron chi connectivity index (χ1n) is 16.6. The smallest absolute Gasteiger partial charge is 0.164 e. The molecule has 51 heavy (non-hydrogen) atoms. The predicted molar refractivity (Wildman–Crippen MR) is 202 cm³/mol. The Balaban J connectivity index is 1.14. The Morgan fingerprint density at radius 1 is 0.431 bits per heavy atom. The summed E-state index contributed by atoms with van der Waals surface area (Å²) in [6.07, 6.45) is 3.68. The van der Waals surface area contributed by atoms with Gasteiger partial charge in [0, 0.05) is 39.2 Å². The zero-order valence-electron chi connectivity index (χ0n) is 27.2. The summed E-state index contributed by atoms with van der Waals surface area (Å²) in [5.74, 6) is 1.66. The normalized spacial score (nSPS) is 11.1. The van der Waals surface area contributed by atoms with Crippen LogP contribution in [-0.4, -0.2) is 19.9 Å². The van der Waals surface area contributed by atoms with E-state index in [2.05, 4.69) is 65.7 Å². The van der Waals surface area contributed by atoms with E-state index < -0.39 is 0 Å². The molecule has 6 heteroatoms. The number of nitriles is 1. The first-order chi connectivity index (χ1) is 25.2. The SMILES string of the molecule is N#Cc1ccccc1-c1ccc(-c2nc(-c3ccccc3)nc(-c3ccc4c(c3)oc3cncc(-c5cccc(-c6ccccc6)c5)c34)n2)cc1. The van der Waals surface area contributed by atoms with Crippen molar-refractivity contribution in [2.24, 2.45) is 0 Å². The number of hydrogen-bond acceptors (Lipinski definition) is 6. The van der Waals surface area contributed by atoms with Gasteiger partial charge in [0.2, 0.25) is 0 Å². The molecular formula is C45H27N5O. The molecule has 0 radical (unpaired) electrons. The monoisotopic (exact) mass is 653 g/mol. The molecule has 6 aromatic carbocycles. The summed E-state index contributed by atoms with van der Waals surface area (Å²) in [6, 6.07) is 52.8. The Morgan fingerprint density at radius 2 is 1.02 bits per heavy atom. The van der Waals surface area contributed by atoms with Crippen molar-refractivity contribution in [2.75, 3.05) is 0 Å². The molecule has 0 aliphatic carbocycles. The van der Waals surface area contributed by atoms with Gasteiger partial charge in [-0.2, -0.15) is 5.26 Å². The highest BCUT2D eigenvalue weighted by Crippen LogP contribution is 2.39. The van der Waals surface area contributed by atoms with E-state index in [-0.39, 0.29) is 0 Å². The lowest BCUT2D eigenvalue weighted by Gasteiger charge is -2.10. The topological polar surface area (TPSA) is 88.5 Å². The van der Waals surface area contributed by atoms with Crippen LogP contribution in [0.15, 0.2) is 168 Å². The molecule has 238 valence electrons. The molecule has 0 spiro atoms. The fraction of sp³-hybridized carbons (Fsp3) is 0. The highest BCUT2D eigenvalue weighted by Gasteiger charge is 2.17. The molecule has 0 bridgehead atoms. The maximum atomic E-state index is 9.63. The van der Waals surface area contributed by atoms with Gasteiger partial charge in [-0.15, -0.1) is 0 Å². The van der Waals surface area contributed by atoms with E-state index in [1.807, 2.05) is 103 Å². The summed E-state index contributed by atoms with van der Waals surface area (Å²) < 4.78 is 6.44.